The van der Waals surface area contributed by atoms with E-state index in [0.29, 0.717) is 25.3 Å². The third-order valence-corrected chi connectivity index (χ3v) is 5.75. The molecule has 4 rings (SSSR count). The molecule has 3 unspecified atom stereocenters. The summed E-state index contributed by atoms with van der Waals surface area (Å²) in [7, 11) is 0. The van der Waals surface area contributed by atoms with Crippen molar-refractivity contribution in [1.29, 1.82) is 0 Å². The zero-order valence-electron chi connectivity index (χ0n) is 14.2. The van der Waals surface area contributed by atoms with Crippen LogP contribution in [-0.2, 0) is 4.79 Å². The van der Waals surface area contributed by atoms with Crippen molar-refractivity contribution in [2.24, 2.45) is 16.4 Å². The Morgan fingerprint density at radius 2 is 2.50 bits per heavy atom. The van der Waals surface area contributed by atoms with Gasteiger partial charge in [-0.05, 0) is 37.5 Å². The zero-order chi connectivity index (χ0) is 16.7. The molecular formula is C18H25FN4O. The number of amides is 1. The standard InChI is InChI=1S/C18H25FN4O/c1-2-4-14(19)10-18-9-13(18)11-22(12-18)17(24)15-5-7-21-23-8-3-6-20-16(15)23/h2,4,7,13-14,20H,3,5-6,8-12H2,1H3/b4-2-. The third-order valence-electron chi connectivity index (χ3n) is 5.75. The van der Waals surface area contributed by atoms with Gasteiger partial charge in [-0.1, -0.05) is 12.2 Å². The third kappa shape index (κ3) is 2.62. The number of hydrazone groups is 1. The monoisotopic (exact) mass is 332 g/mol. The van der Waals surface area contributed by atoms with Gasteiger partial charge in [0.05, 0.1) is 5.57 Å². The summed E-state index contributed by atoms with van der Waals surface area (Å²) in [5, 5.41) is 9.60. The Balaban J connectivity index is 1.46. The normalized spacial score (nSPS) is 32.7. The molecule has 6 heteroatoms. The van der Waals surface area contributed by atoms with Gasteiger partial charge in [0.1, 0.15) is 12.0 Å². The minimum Gasteiger partial charge on any atom is -0.370 e. The highest BCUT2D eigenvalue weighted by molar-refractivity contribution is 5.97. The molecule has 1 aliphatic carbocycles. The average molecular weight is 332 g/mol. The molecule has 1 amide bonds. The van der Waals surface area contributed by atoms with E-state index in [1.165, 1.54) is 0 Å². The van der Waals surface area contributed by atoms with Crippen LogP contribution in [0.2, 0.25) is 0 Å². The Morgan fingerprint density at radius 3 is 3.33 bits per heavy atom. The molecule has 130 valence electrons. The lowest BCUT2D eigenvalue weighted by atomic mass is 9.97. The summed E-state index contributed by atoms with van der Waals surface area (Å²) in [6, 6.07) is 0. The van der Waals surface area contributed by atoms with Crippen LogP contribution >= 0.6 is 0 Å². The first-order valence-corrected chi connectivity index (χ1v) is 8.96. The Kier molecular flexibility index (Phi) is 3.85. The lowest BCUT2D eigenvalue weighted by molar-refractivity contribution is -0.127. The molecule has 0 bridgehead atoms. The first kappa shape index (κ1) is 15.7. The average Bonchev–Trinajstić information content (AvgIpc) is 3.13. The van der Waals surface area contributed by atoms with Gasteiger partial charge >= 0.3 is 0 Å². The SMILES string of the molecule is C/C=C\C(F)CC12CC1CN(C(=O)C1=C3NCCCN3N=CC1)C2. The van der Waals surface area contributed by atoms with E-state index in [4.69, 9.17) is 0 Å². The van der Waals surface area contributed by atoms with E-state index in [9.17, 15) is 9.18 Å². The van der Waals surface area contributed by atoms with E-state index in [2.05, 4.69) is 10.4 Å². The van der Waals surface area contributed by atoms with Crippen LogP contribution in [0.25, 0.3) is 0 Å². The number of hydrogen-bond acceptors (Lipinski definition) is 4. The minimum atomic E-state index is -0.894. The molecule has 2 saturated heterocycles. The molecule has 1 saturated carbocycles. The quantitative estimate of drug-likeness (QED) is 0.802. The number of carbonyl (C=O) groups excluding carboxylic acids is 1. The molecule has 3 atom stereocenters. The van der Waals surface area contributed by atoms with Crippen molar-refractivity contribution in [1.82, 2.24) is 15.2 Å². The number of hydrogen-bond donors (Lipinski definition) is 1. The highest BCUT2D eigenvalue weighted by atomic mass is 19.1. The van der Waals surface area contributed by atoms with E-state index in [-0.39, 0.29) is 11.3 Å². The Labute approximate surface area is 142 Å². The van der Waals surface area contributed by atoms with Crippen LogP contribution < -0.4 is 5.32 Å². The molecular weight excluding hydrogens is 307 g/mol. The van der Waals surface area contributed by atoms with E-state index >= 15 is 0 Å². The first-order chi connectivity index (χ1) is 11.6. The summed E-state index contributed by atoms with van der Waals surface area (Å²) >= 11 is 0. The van der Waals surface area contributed by atoms with Crippen LogP contribution in [0.4, 0.5) is 4.39 Å². The number of fused-ring (bicyclic) bond motifs is 2. The summed E-state index contributed by atoms with van der Waals surface area (Å²) in [6.07, 6.45) is 7.54. The fraction of sp³-hybridized carbons (Fsp3) is 0.667. The number of alkyl halides is 1. The van der Waals surface area contributed by atoms with Gasteiger partial charge in [0.2, 0.25) is 0 Å². The van der Waals surface area contributed by atoms with Crippen molar-refractivity contribution in [2.45, 2.75) is 38.8 Å². The largest absolute Gasteiger partial charge is 0.370 e. The smallest absolute Gasteiger partial charge is 0.253 e. The number of allylic oxidation sites excluding steroid dienone is 2. The number of rotatable bonds is 4. The highest BCUT2D eigenvalue weighted by Crippen LogP contribution is 2.61. The molecule has 0 aromatic heterocycles. The van der Waals surface area contributed by atoms with E-state index < -0.39 is 6.17 Å². The van der Waals surface area contributed by atoms with Crippen molar-refractivity contribution in [2.75, 3.05) is 26.2 Å². The van der Waals surface area contributed by atoms with Crippen LogP contribution in [-0.4, -0.2) is 54.4 Å². The molecule has 0 aromatic rings. The number of nitrogens with zero attached hydrogens (tertiary/aromatic N) is 3. The summed E-state index contributed by atoms with van der Waals surface area (Å²) in [4.78, 5) is 14.9. The molecule has 0 radical (unpaired) electrons. The number of carbonyl (C=O) groups is 1. The topological polar surface area (TPSA) is 47.9 Å². The molecule has 3 heterocycles. The maximum Gasteiger partial charge on any atom is 0.253 e. The summed E-state index contributed by atoms with van der Waals surface area (Å²) < 4.78 is 14.0. The molecule has 0 aromatic carbocycles. The maximum absolute atomic E-state index is 14.0. The van der Waals surface area contributed by atoms with Crippen molar-refractivity contribution >= 4 is 12.1 Å². The predicted molar refractivity (Wildman–Crippen MR) is 90.9 cm³/mol. The number of nitrogens with one attached hydrogen (secondary N) is 1. The second-order valence-electron chi connectivity index (χ2n) is 7.43. The Morgan fingerprint density at radius 1 is 1.62 bits per heavy atom. The summed E-state index contributed by atoms with van der Waals surface area (Å²) in [5.41, 5.74) is 0.828. The van der Waals surface area contributed by atoms with Crippen molar-refractivity contribution in [3.05, 3.63) is 23.5 Å². The fourth-order valence-electron chi connectivity index (χ4n) is 4.45. The van der Waals surface area contributed by atoms with Crippen LogP contribution in [0.5, 0.6) is 0 Å². The predicted octanol–water partition coefficient (Wildman–Crippen LogP) is 2.04. The lowest BCUT2D eigenvalue weighted by Crippen LogP contribution is -2.43. The Hall–Kier alpha value is -1.85. The Bertz CT molecular complexity index is 629. The second kappa shape index (κ2) is 5.90. The molecule has 24 heavy (non-hydrogen) atoms. The molecule has 3 aliphatic heterocycles. The maximum atomic E-state index is 14.0. The van der Waals surface area contributed by atoms with Crippen LogP contribution in [0.15, 0.2) is 28.6 Å². The zero-order valence-corrected chi connectivity index (χ0v) is 14.2. The van der Waals surface area contributed by atoms with Crippen LogP contribution in [0.3, 0.4) is 0 Å². The molecule has 0 spiro atoms. The minimum absolute atomic E-state index is 0.0161. The number of piperidine rings is 1. The molecule has 1 N–H and O–H groups in total. The molecule has 5 nitrogen and oxygen atoms in total. The van der Waals surface area contributed by atoms with Crippen molar-refractivity contribution in [3.63, 3.8) is 0 Å². The van der Waals surface area contributed by atoms with Crippen LogP contribution in [0.1, 0.15) is 32.6 Å². The molecule has 3 fully saturated rings. The second-order valence-corrected chi connectivity index (χ2v) is 7.43. The first-order valence-electron chi connectivity index (χ1n) is 8.96. The van der Waals surface area contributed by atoms with E-state index in [1.54, 1.807) is 12.2 Å². The summed E-state index contributed by atoms with van der Waals surface area (Å²) in [6.45, 7) is 5.06. The van der Waals surface area contributed by atoms with Crippen molar-refractivity contribution < 1.29 is 9.18 Å². The number of halogens is 1. The van der Waals surface area contributed by atoms with E-state index in [0.717, 1.165) is 43.9 Å². The summed E-state index contributed by atoms with van der Waals surface area (Å²) in [5.74, 6) is 1.45. The lowest BCUT2D eigenvalue weighted by Gasteiger charge is -2.33. The van der Waals surface area contributed by atoms with Gasteiger partial charge < -0.3 is 10.2 Å². The van der Waals surface area contributed by atoms with E-state index in [1.807, 2.05) is 23.0 Å². The fourth-order valence-corrected chi connectivity index (χ4v) is 4.45. The van der Waals surface area contributed by atoms with Gasteiger partial charge in [0.25, 0.3) is 5.91 Å². The molecule has 4 aliphatic rings. The number of likely N-dealkylation sites (tertiary alicyclic amines) is 1. The highest BCUT2D eigenvalue weighted by Gasteiger charge is 2.61. The van der Waals surface area contributed by atoms with Gasteiger partial charge in [-0.2, -0.15) is 5.10 Å². The van der Waals surface area contributed by atoms with Crippen molar-refractivity contribution in [3.8, 4) is 0 Å². The van der Waals surface area contributed by atoms with Gasteiger partial charge in [0, 0.05) is 38.8 Å². The van der Waals surface area contributed by atoms with Gasteiger partial charge in [-0.15, -0.1) is 0 Å². The van der Waals surface area contributed by atoms with Gasteiger partial charge in [-0.25, -0.2) is 9.40 Å². The van der Waals surface area contributed by atoms with Crippen LogP contribution in [0, 0.1) is 11.3 Å². The van der Waals surface area contributed by atoms with Gasteiger partial charge in [-0.3, -0.25) is 4.79 Å². The van der Waals surface area contributed by atoms with Gasteiger partial charge in [0.15, 0.2) is 0 Å².